The molecule has 0 bridgehead atoms. The number of benzene rings is 1. The number of carbonyl (C=O) groups excluding carboxylic acids is 2. The number of hydrogen-bond donors (Lipinski definition) is 1. The molecule has 0 aromatic heterocycles. The minimum absolute atomic E-state index is 0.00445. The molecule has 2 aliphatic rings. The van der Waals surface area contributed by atoms with Crippen LogP contribution >= 0.6 is 0 Å². The number of carboxylic acid groups (broad SMARTS) is 1. The number of likely N-dealkylation sites (tertiary alicyclic amines) is 1. The highest BCUT2D eigenvalue weighted by atomic mass is 16.4. The zero-order valence-corrected chi connectivity index (χ0v) is 16.9. The Morgan fingerprint density at radius 1 is 1.18 bits per heavy atom. The van der Waals surface area contributed by atoms with E-state index in [0.717, 1.165) is 17.5 Å². The highest BCUT2D eigenvalue weighted by molar-refractivity contribution is 5.89. The first-order valence-electron chi connectivity index (χ1n) is 10.2. The summed E-state index contributed by atoms with van der Waals surface area (Å²) in [4.78, 5) is 41.4. The molecule has 6 nitrogen and oxygen atoms in total. The van der Waals surface area contributed by atoms with Crippen molar-refractivity contribution in [1.29, 1.82) is 0 Å². The van der Waals surface area contributed by atoms with Gasteiger partial charge in [0.15, 0.2) is 0 Å². The minimum Gasteiger partial charge on any atom is -0.481 e. The predicted octanol–water partition coefficient (Wildman–Crippen LogP) is 2.56. The van der Waals surface area contributed by atoms with Gasteiger partial charge in [0.2, 0.25) is 11.8 Å². The van der Waals surface area contributed by atoms with Gasteiger partial charge in [-0.15, -0.1) is 0 Å². The number of carboxylic acids is 1. The van der Waals surface area contributed by atoms with Gasteiger partial charge >= 0.3 is 5.97 Å². The van der Waals surface area contributed by atoms with E-state index in [2.05, 4.69) is 0 Å². The van der Waals surface area contributed by atoms with Crippen LogP contribution in [0.2, 0.25) is 0 Å². The van der Waals surface area contributed by atoms with Gasteiger partial charge in [0, 0.05) is 32.0 Å². The third-order valence-electron chi connectivity index (χ3n) is 6.17. The molecule has 1 fully saturated rings. The van der Waals surface area contributed by atoms with E-state index in [-0.39, 0.29) is 30.2 Å². The number of nitrogens with zero attached hydrogens (tertiary/aromatic N) is 2. The summed E-state index contributed by atoms with van der Waals surface area (Å²) in [7, 11) is 0. The predicted molar refractivity (Wildman–Crippen MR) is 105 cm³/mol. The van der Waals surface area contributed by atoms with E-state index in [1.54, 1.807) is 9.80 Å². The first-order chi connectivity index (χ1) is 13.3. The average molecular weight is 386 g/mol. The number of hydrogen-bond acceptors (Lipinski definition) is 3. The standard InChI is InChI=1S/C22H30N2O4/c1-4-15(3)20(25)24-13-17-8-6-5-7-16(17)10-19(24)21(26)23-11-14(2)9-18(12-23)22(27)28/h5-8,14-15,18-19H,4,9-13H2,1-3H3,(H,27,28). The minimum atomic E-state index is -0.856. The van der Waals surface area contributed by atoms with Gasteiger partial charge in [-0.3, -0.25) is 14.4 Å². The Balaban J connectivity index is 1.88. The maximum atomic E-state index is 13.4. The van der Waals surface area contributed by atoms with Crippen molar-refractivity contribution in [1.82, 2.24) is 9.80 Å². The molecular weight excluding hydrogens is 356 g/mol. The molecule has 3 rings (SSSR count). The number of aliphatic carboxylic acids is 1. The van der Waals surface area contributed by atoms with Gasteiger partial charge < -0.3 is 14.9 Å². The first-order valence-corrected chi connectivity index (χ1v) is 10.2. The molecule has 2 heterocycles. The summed E-state index contributed by atoms with van der Waals surface area (Å²) < 4.78 is 0. The average Bonchev–Trinajstić information content (AvgIpc) is 2.70. The molecule has 4 atom stereocenters. The monoisotopic (exact) mass is 386 g/mol. The van der Waals surface area contributed by atoms with Crippen molar-refractivity contribution in [2.75, 3.05) is 13.1 Å². The Bertz CT molecular complexity index is 763. The van der Waals surface area contributed by atoms with Crippen LogP contribution in [0.5, 0.6) is 0 Å². The summed E-state index contributed by atoms with van der Waals surface area (Å²) in [5.41, 5.74) is 2.17. The van der Waals surface area contributed by atoms with Gasteiger partial charge in [-0.2, -0.15) is 0 Å². The molecule has 0 saturated carbocycles. The van der Waals surface area contributed by atoms with E-state index in [1.165, 1.54) is 0 Å². The summed E-state index contributed by atoms with van der Waals surface area (Å²) in [6, 6.07) is 7.37. The van der Waals surface area contributed by atoms with Gasteiger partial charge in [-0.25, -0.2) is 0 Å². The lowest BCUT2D eigenvalue weighted by atomic mass is 9.88. The molecule has 2 aliphatic heterocycles. The number of fused-ring (bicyclic) bond motifs is 1. The molecule has 1 N–H and O–H groups in total. The van der Waals surface area contributed by atoms with Crippen molar-refractivity contribution in [3.05, 3.63) is 35.4 Å². The second-order valence-electron chi connectivity index (χ2n) is 8.38. The molecule has 0 spiro atoms. The Kier molecular flexibility index (Phi) is 6.06. The molecule has 152 valence electrons. The smallest absolute Gasteiger partial charge is 0.308 e. The van der Waals surface area contributed by atoms with Crippen LogP contribution in [0.25, 0.3) is 0 Å². The Morgan fingerprint density at radius 3 is 2.50 bits per heavy atom. The molecule has 2 amide bonds. The normalized spacial score (nSPS) is 25.8. The van der Waals surface area contributed by atoms with Gasteiger partial charge in [0.1, 0.15) is 6.04 Å². The molecule has 6 heteroatoms. The Labute approximate surface area is 166 Å². The maximum Gasteiger partial charge on any atom is 0.308 e. The largest absolute Gasteiger partial charge is 0.481 e. The molecular formula is C22H30N2O4. The fraction of sp³-hybridized carbons (Fsp3) is 0.591. The molecule has 1 saturated heterocycles. The van der Waals surface area contributed by atoms with E-state index in [4.69, 9.17) is 0 Å². The summed E-state index contributed by atoms with van der Waals surface area (Å²) in [6.45, 7) is 7.05. The third kappa shape index (κ3) is 4.05. The van der Waals surface area contributed by atoms with Crippen molar-refractivity contribution < 1.29 is 19.5 Å². The van der Waals surface area contributed by atoms with E-state index < -0.39 is 17.9 Å². The molecule has 28 heavy (non-hydrogen) atoms. The molecule has 4 unspecified atom stereocenters. The Hall–Kier alpha value is -2.37. The van der Waals surface area contributed by atoms with Crippen LogP contribution in [-0.4, -0.2) is 51.8 Å². The second kappa shape index (κ2) is 8.33. The lowest BCUT2D eigenvalue weighted by Crippen LogP contribution is -2.57. The van der Waals surface area contributed by atoms with Crippen LogP contribution in [0.4, 0.5) is 0 Å². The van der Waals surface area contributed by atoms with Gasteiger partial charge in [-0.05, 0) is 29.9 Å². The van der Waals surface area contributed by atoms with Crippen molar-refractivity contribution in [3.63, 3.8) is 0 Å². The number of rotatable bonds is 4. The summed E-state index contributed by atoms with van der Waals surface area (Å²) in [5.74, 6) is -1.53. The fourth-order valence-electron chi connectivity index (χ4n) is 4.35. The van der Waals surface area contributed by atoms with Crippen molar-refractivity contribution in [3.8, 4) is 0 Å². The maximum absolute atomic E-state index is 13.4. The summed E-state index contributed by atoms with van der Waals surface area (Å²) >= 11 is 0. The van der Waals surface area contributed by atoms with E-state index in [1.807, 2.05) is 45.0 Å². The van der Waals surface area contributed by atoms with Crippen LogP contribution in [0.3, 0.4) is 0 Å². The quantitative estimate of drug-likeness (QED) is 0.863. The number of piperidine rings is 1. The zero-order valence-electron chi connectivity index (χ0n) is 16.9. The van der Waals surface area contributed by atoms with Crippen molar-refractivity contribution >= 4 is 17.8 Å². The summed E-state index contributed by atoms with van der Waals surface area (Å²) in [5, 5.41) is 9.44. The van der Waals surface area contributed by atoms with Gasteiger partial charge in [0.25, 0.3) is 0 Å². The Morgan fingerprint density at radius 2 is 1.86 bits per heavy atom. The number of amides is 2. The topological polar surface area (TPSA) is 77.9 Å². The fourth-order valence-corrected chi connectivity index (χ4v) is 4.35. The highest BCUT2D eigenvalue weighted by Gasteiger charge is 2.40. The zero-order chi connectivity index (χ0) is 20.4. The second-order valence-corrected chi connectivity index (χ2v) is 8.38. The molecule has 0 radical (unpaired) electrons. The van der Waals surface area contributed by atoms with Crippen LogP contribution < -0.4 is 0 Å². The van der Waals surface area contributed by atoms with E-state index >= 15 is 0 Å². The SMILES string of the molecule is CCC(C)C(=O)N1Cc2ccccc2CC1C(=O)N1CC(C)CC(C(=O)O)C1. The van der Waals surface area contributed by atoms with E-state index in [9.17, 15) is 19.5 Å². The van der Waals surface area contributed by atoms with Crippen LogP contribution in [0.15, 0.2) is 24.3 Å². The number of carbonyl (C=O) groups is 3. The van der Waals surface area contributed by atoms with Crippen LogP contribution in [0.1, 0.15) is 44.7 Å². The lowest BCUT2D eigenvalue weighted by molar-refractivity contribution is -0.154. The van der Waals surface area contributed by atoms with Crippen LogP contribution in [-0.2, 0) is 27.3 Å². The molecule has 1 aromatic rings. The highest BCUT2D eigenvalue weighted by Crippen LogP contribution is 2.29. The molecule has 0 aliphatic carbocycles. The van der Waals surface area contributed by atoms with Crippen molar-refractivity contribution in [2.45, 2.75) is 52.6 Å². The van der Waals surface area contributed by atoms with Crippen LogP contribution in [0, 0.1) is 17.8 Å². The summed E-state index contributed by atoms with van der Waals surface area (Å²) in [6.07, 6.45) is 1.79. The van der Waals surface area contributed by atoms with Crippen molar-refractivity contribution in [2.24, 2.45) is 17.8 Å². The lowest BCUT2D eigenvalue weighted by Gasteiger charge is -2.42. The molecule has 1 aromatic carbocycles. The van der Waals surface area contributed by atoms with Gasteiger partial charge in [0.05, 0.1) is 5.92 Å². The van der Waals surface area contributed by atoms with E-state index in [0.29, 0.717) is 25.9 Å². The first kappa shape index (κ1) is 20.4. The third-order valence-corrected chi connectivity index (χ3v) is 6.17. The van der Waals surface area contributed by atoms with Gasteiger partial charge in [-0.1, -0.05) is 45.0 Å².